The summed E-state index contributed by atoms with van der Waals surface area (Å²) < 4.78 is 67.1. The summed E-state index contributed by atoms with van der Waals surface area (Å²) >= 11 is 0. The first-order valence-electron chi connectivity index (χ1n) is 8.19. The van der Waals surface area contributed by atoms with Crippen LogP contribution in [0, 0.1) is 11.6 Å². The smallest absolute Gasteiger partial charge is 0.352 e. The Bertz CT molecular complexity index is 963. The molecule has 1 N–H and O–H groups in total. The van der Waals surface area contributed by atoms with Crippen molar-refractivity contribution in [2.45, 2.75) is 12.6 Å². The van der Waals surface area contributed by atoms with Gasteiger partial charge in [-0.1, -0.05) is 12.1 Å². The van der Waals surface area contributed by atoms with Gasteiger partial charge in [0.05, 0.1) is 17.4 Å². The van der Waals surface area contributed by atoms with Gasteiger partial charge < -0.3 is 5.32 Å². The second kappa shape index (κ2) is 7.79. The van der Waals surface area contributed by atoms with Crippen molar-refractivity contribution in [1.29, 1.82) is 0 Å². The highest BCUT2D eigenvalue weighted by Gasteiger charge is 2.40. The van der Waals surface area contributed by atoms with E-state index in [-0.39, 0.29) is 12.2 Å². The standard InChI is InChI=1S/C19H14F5N3O/c20-13-3-1-12(2-4-13)9-10-25-18(28)16-11-26-27(17(16)19(22,23)24)15-7-5-14(21)6-8-15/h1-8,11H,9-10H2,(H,25,28). The number of amides is 1. The highest BCUT2D eigenvalue weighted by molar-refractivity contribution is 5.95. The molecule has 28 heavy (non-hydrogen) atoms. The molecule has 1 heterocycles. The van der Waals surface area contributed by atoms with Gasteiger partial charge in [0.1, 0.15) is 11.6 Å². The average molecular weight is 395 g/mol. The number of benzene rings is 2. The lowest BCUT2D eigenvalue weighted by atomic mass is 10.1. The number of carbonyl (C=O) groups excluding carboxylic acids is 1. The molecule has 0 aliphatic heterocycles. The maximum atomic E-state index is 13.5. The van der Waals surface area contributed by atoms with Gasteiger partial charge in [-0.05, 0) is 48.4 Å². The maximum absolute atomic E-state index is 13.5. The van der Waals surface area contributed by atoms with Crippen LogP contribution in [0.4, 0.5) is 22.0 Å². The van der Waals surface area contributed by atoms with Crippen LogP contribution < -0.4 is 5.32 Å². The number of hydrogen-bond acceptors (Lipinski definition) is 2. The van der Waals surface area contributed by atoms with Crippen LogP contribution in [0.25, 0.3) is 5.69 Å². The predicted octanol–water partition coefficient (Wildman–Crippen LogP) is 4.14. The van der Waals surface area contributed by atoms with E-state index < -0.39 is 35.0 Å². The molecule has 0 aliphatic carbocycles. The first-order chi connectivity index (χ1) is 13.3. The van der Waals surface area contributed by atoms with E-state index in [0.29, 0.717) is 11.1 Å². The topological polar surface area (TPSA) is 46.9 Å². The Morgan fingerprint density at radius 3 is 2.11 bits per heavy atom. The summed E-state index contributed by atoms with van der Waals surface area (Å²) in [5, 5.41) is 6.05. The fourth-order valence-corrected chi connectivity index (χ4v) is 2.63. The number of carbonyl (C=O) groups is 1. The number of nitrogens with one attached hydrogen (secondary N) is 1. The Hall–Kier alpha value is -3.23. The number of hydrogen-bond donors (Lipinski definition) is 1. The maximum Gasteiger partial charge on any atom is 0.434 e. The van der Waals surface area contributed by atoms with Crippen molar-refractivity contribution in [3.63, 3.8) is 0 Å². The first-order valence-corrected chi connectivity index (χ1v) is 8.19. The minimum atomic E-state index is -4.85. The molecule has 146 valence electrons. The highest BCUT2D eigenvalue weighted by Crippen LogP contribution is 2.33. The van der Waals surface area contributed by atoms with Gasteiger partial charge in [0.25, 0.3) is 5.91 Å². The van der Waals surface area contributed by atoms with Crippen LogP contribution in [0.3, 0.4) is 0 Å². The molecule has 1 aromatic heterocycles. The molecule has 0 spiro atoms. The molecule has 3 aromatic rings. The first kappa shape index (κ1) is 19.5. The monoisotopic (exact) mass is 395 g/mol. The van der Waals surface area contributed by atoms with E-state index in [1.165, 1.54) is 24.3 Å². The van der Waals surface area contributed by atoms with Gasteiger partial charge in [0.2, 0.25) is 0 Å². The van der Waals surface area contributed by atoms with Gasteiger partial charge >= 0.3 is 6.18 Å². The summed E-state index contributed by atoms with van der Waals surface area (Å²) in [5.41, 5.74) is -1.20. The number of alkyl halides is 3. The molecule has 0 atom stereocenters. The molecular formula is C19H14F5N3O. The average Bonchev–Trinajstić information content (AvgIpc) is 3.09. The Morgan fingerprint density at radius 2 is 1.54 bits per heavy atom. The molecule has 3 rings (SSSR count). The number of halogens is 5. The molecule has 0 aliphatic rings. The zero-order valence-electron chi connectivity index (χ0n) is 14.3. The molecule has 0 bridgehead atoms. The summed E-state index contributed by atoms with van der Waals surface area (Å²) in [5.74, 6) is -1.96. The van der Waals surface area contributed by atoms with Gasteiger partial charge in [-0.2, -0.15) is 18.3 Å². The Morgan fingerprint density at radius 1 is 0.964 bits per heavy atom. The van der Waals surface area contributed by atoms with Crippen molar-refractivity contribution in [1.82, 2.24) is 15.1 Å². The summed E-state index contributed by atoms with van der Waals surface area (Å²) in [6.45, 7) is 0.0590. The molecule has 0 unspecified atom stereocenters. The lowest BCUT2D eigenvalue weighted by Gasteiger charge is -2.13. The van der Waals surface area contributed by atoms with E-state index in [4.69, 9.17) is 0 Å². The molecular weight excluding hydrogens is 381 g/mol. The molecule has 0 radical (unpaired) electrons. The van der Waals surface area contributed by atoms with E-state index in [9.17, 15) is 26.7 Å². The highest BCUT2D eigenvalue weighted by atomic mass is 19.4. The third-order valence-corrected chi connectivity index (χ3v) is 3.97. The van der Waals surface area contributed by atoms with Crippen molar-refractivity contribution in [2.75, 3.05) is 6.54 Å². The molecule has 1 amide bonds. The number of nitrogens with zero attached hydrogens (tertiary/aromatic N) is 2. The van der Waals surface area contributed by atoms with E-state index in [1.807, 2.05) is 0 Å². The van der Waals surface area contributed by atoms with Crippen LogP contribution in [0.2, 0.25) is 0 Å². The zero-order valence-corrected chi connectivity index (χ0v) is 14.3. The predicted molar refractivity (Wildman–Crippen MR) is 91.0 cm³/mol. The molecule has 4 nitrogen and oxygen atoms in total. The second-order valence-corrected chi connectivity index (χ2v) is 5.93. The Balaban J connectivity index is 1.79. The fraction of sp³-hybridized carbons (Fsp3) is 0.158. The van der Waals surface area contributed by atoms with Gasteiger partial charge in [0, 0.05) is 6.54 Å². The minimum absolute atomic E-state index is 0.0286. The largest absolute Gasteiger partial charge is 0.434 e. The number of rotatable bonds is 5. The third-order valence-electron chi connectivity index (χ3n) is 3.97. The van der Waals surface area contributed by atoms with Crippen LogP contribution in [0.1, 0.15) is 21.6 Å². The van der Waals surface area contributed by atoms with E-state index in [0.717, 1.165) is 36.0 Å². The number of aromatic nitrogens is 2. The molecule has 0 saturated carbocycles. The fourth-order valence-electron chi connectivity index (χ4n) is 2.63. The van der Waals surface area contributed by atoms with Crippen LogP contribution >= 0.6 is 0 Å². The third kappa shape index (κ3) is 4.36. The van der Waals surface area contributed by atoms with E-state index in [2.05, 4.69) is 10.4 Å². The molecule has 2 aromatic carbocycles. The van der Waals surface area contributed by atoms with Crippen LogP contribution in [0.15, 0.2) is 54.7 Å². The molecule has 0 fully saturated rings. The Labute approximate surface area is 156 Å². The summed E-state index contributed by atoms with van der Waals surface area (Å²) in [6, 6.07) is 9.82. The van der Waals surface area contributed by atoms with Crippen LogP contribution in [0.5, 0.6) is 0 Å². The summed E-state index contributed by atoms with van der Waals surface area (Å²) in [4.78, 5) is 12.3. The van der Waals surface area contributed by atoms with Crippen molar-refractivity contribution in [3.05, 3.63) is 83.2 Å². The Kier molecular flexibility index (Phi) is 5.43. The van der Waals surface area contributed by atoms with Crippen molar-refractivity contribution in [2.24, 2.45) is 0 Å². The molecule has 9 heteroatoms. The van der Waals surface area contributed by atoms with Gasteiger partial charge in [-0.3, -0.25) is 4.79 Å². The van der Waals surface area contributed by atoms with Crippen molar-refractivity contribution >= 4 is 5.91 Å². The SMILES string of the molecule is O=C(NCCc1ccc(F)cc1)c1cnn(-c2ccc(F)cc2)c1C(F)(F)F. The molecule has 0 saturated heterocycles. The van der Waals surface area contributed by atoms with Crippen LogP contribution in [-0.4, -0.2) is 22.2 Å². The summed E-state index contributed by atoms with van der Waals surface area (Å²) in [6.07, 6.45) is -3.71. The van der Waals surface area contributed by atoms with Gasteiger partial charge in [0.15, 0.2) is 5.69 Å². The van der Waals surface area contributed by atoms with E-state index >= 15 is 0 Å². The van der Waals surface area contributed by atoms with Gasteiger partial charge in [-0.25, -0.2) is 13.5 Å². The minimum Gasteiger partial charge on any atom is -0.352 e. The van der Waals surface area contributed by atoms with Gasteiger partial charge in [-0.15, -0.1) is 0 Å². The normalized spacial score (nSPS) is 11.5. The quantitative estimate of drug-likeness (QED) is 0.660. The zero-order chi connectivity index (χ0) is 20.3. The van der Waals surface area contributed by atoms with Crippen molar-refractivity contribution in [3.8, 4) is 5.69 Å². The lowest BCUT2D eigenvalue weighted by molar-refractivity contribution is -0.143. The lowest BCUT2D eigenvalue weighted by Crippen LogP contribution is -2.28. The van der Waals surface area contributed by atoms with Crippen LogP contribution in [-0.2, 0) is 12.6 Å². The second-order valence-electron chi connectivity index (χ2n) is 5.93. The van der Waals surface area contributed by atoms with E-state index in [1.54, 1.807) is 0 Å². The van der Waals surface area contributed by atoms with Crippen molar-refractivity contribution < 1.29 is 26.7 Å². The summed E-state index contributed by atoms with van der Waals surface area (Å²) in [7, 11) is 0.